The van der Waals surface area contributed by atoms with Gasteiger partial charge in [0, 0.05) is 17.2 Å². The molecule has 0 amide bonds. The molecule has 0 aliphatic carbocycles. The van der Waals surface area contributed by atoms with Crippen molar-refractivity contribution in [3.63, 3.8) is 0 Å². The maximum Gasteiger partial charge on any atom is 0.333 e. The normalized spacial score (nSPS) is 10.9. The fraction of sp³-hybridized carbons (Fsp3) is 0.357. The van der Waals surface area contributed by atoms with Crippen LogP contribution in [0.15, 0.2) is 37.0 Å². The summed E-state index contributed by atoms with van der Waals surface area (Å²) in [5.41, 5.74) is 0.384. The Kier molecular flexibility index (Phi) is 7.65. The fourth-order valence-corrected chi connectivity index (χ4v) is 0.894. The van der Waals surface area contributed by atoms with E-state index in [-0.39, 0.29) is 24.4 Å². The van der Waals surface area contributed by atoms with Crippen LogP contribution in [0.25, 0.3) is 0 Å². The van der Waals surface area contributed by atoms with Crippen LogP contribution in [-0.2, 0) is 28.6 Å². The summed E-state index contributed by atoms with van der Waals surface area (Å²) in [5.74, 6) is -1.97. The monoisotopic (exact) mass is 282 g/mol. The van der Waals surface area contributed by atoms with E-state index in [9.17, 15) is 14.4 Å². The molecule has 0 aliphatic rings. The zero-order chi connectivity index (χ0) is 15.7. The zero-order valence-electron chi connectivity index (χ0n) is 11.6. The van der Waals surface area contributed by atoms with Crippen molar-refractivity contribution >= 4 is 17.9 Å². The van der Waals surface area contributed by atoms with Crippen LogP contribution in [0.5, 0.6) is 0 Å². The summed E-state index contributed by atoms with van der Waals surface area (Å²) in [4.78, 5) is 33.6. The molecule has 0 N–H and O–H groups in total. The molecule has 0 bridgehead atoms. The van der Waals surface area contributed by atoms with Crippen molar-refractivity contribution in [2.45, 2.75) is 20.0 Å². The van der Waals surface area contributed by atoms with Gasteiger partial charge in [-0.05, 0) is 13.8 Å². The largest absolute Gasteiger partial charge is 0.458 e. The lowest BCUT2D eigenvalue weighted by Gasteiger charge is -2.17. The third-order valence-corrected chi connectivity index (χ3v) is 1.95. The van der Waals surface area contributed by atoms with Gasteiger partial charge in [0.2, 0.25) is 0 Å². The van der Waals surface area contributed by atoms with E-state index in [1.165, 1.54) is 13.8 Å². The van der Waals surface area contributed by atoms with Crippen LogP contribution in [0.1, 0.15) is 13.8 Å². The molecule has 6 heteroatoms. The van der Waals surface area contributed by atoms with E-state index in [2.05, 4.69) is 19.7 Å². The van der Waals surface area contributed by atoms with E-state index in [0.29, 0.717) is 0 Å². The van der Waals surface area contributed by atoms with Gasteiger partial charge in [-0.1, -0.05) is 19.7 Å². The highest BCUT2D eigenvalue weighted by atomic mass is 16.6. The molecule has 0 aliphatic heterocycles. The Bertz CT molecular complexity index is 435. The van der Waals surface area contributed by atoms with Crippen LogP contribution in [0, 0.1) is 0 Å². The van der Waals surface area contributed by atoms with Gasteiger partial charge in [-0.25, -0.2) is 14.4 Å². The number of hydrogen-bond donors (Lipinski definition) is 0. The van der Waals surface area contributed by atoms with E-state index in [0.717, 1.165) is 6.08 Å². The summed E-state index contributed by atoms with van der Waals surface area (Å²) in [6.07, 6.45) is 0.0451. The van der Waals surface area contributed by atoms with Crippen LogP contribution in [0.2, 0.25) is 0 Å². The predicted octanol–water partition coefficient (Wildman–Crippen LogP) is 1.32. The molecule has 0 rings (SSSR count). The Labute approximate surface area is 117 Å². The Balaban J connectivity index is 4.52. The highest BCUT2D eigenvalue weighted by Gasteiger charge is 2.19. The maximum atomic E-state index is 11.4. The minimum Gasteiger partial charge on any atom is -0.458 e. The summed E-state index contributed by atoms with van der Waals surface area (Å²) in [6, 6.07) is 0. The van der Waals surface area contributed by atoms with Crippen molar-refractivity contribution in [3.8, 4) is 0 Å². The quantitative estimate of drug-likeness (QED) is 0.379. The lowest BCUT2D eigenvalue weighted by molar-refractivity contribution is -0.161. The standard InChI is InChI=1S/C14H18O6/c1-6-12(15)18-7-11(20-14(17)10(4)5)8-19-13(16)9(2)3/h6,11H,1-2,4,7-8H2,3,5H3. The second-order valence-corrected chi connectivity index (χ2v) is 4.02. The molecule has 0 aromatic heterocycles. The Hall–Kier alpha value is -2.37. The molecule has 1 atom stereocenters. The Morgan fingerprint density at radius 1 is 1.00 bits per heavy atom. The van der Waals surface area contributed by atoms with Crippen molar-refractivity contribution in [1.29, 1.82) is 0 Å². The molecule has 0 aromatic carbocycles. The highest BCUT2D eigenvalue weighted by Crippen LogP contribution is 2.03. The van der Waals surface area contributed by atoms with Gasteiger partial charge in [-0.3, -0.25) is 0 Å². The van der Waals surface area contributed by atoms with Gasteiger partial charge in [0.25, 0.3) is 0 Å². The van der Waals surface area contributed by atoms with Crippen LogP contribution in [-0.4, -0.2) is 37.2 Å². The van der Waals surface area contributed by atoms with E-state index in [1.54, 1.807) is 0 Å². The van der Waals surface area contributed by atoms with Crippen molar-refractivity contribution in [1.82, 2.24) is 0 Å². The van der Waals surface area contributed by atoms with Gasteiger partial charge in [-0.2, -0.15) is 0 Å². The number of carbonyl (C=O) groups excluding carboxylic acids is 3. The predicted molar refractivity (Wildman–Crippen MR) is 71.6 cm³/mol. The average molecular weight is 282 g/mol. The van der Waals surface area contributed by atoms with Crippen molar-refractivity contribution < 1.29 is 28.6 Å². The van der Waals surface area contributed by atoms with Gasteiger partial charge < -0.3 is 14.2 Å². The molecule has 20 heavy (non-hydrogen) atoms. The van der Waals surface area contributed by atoms with Gasteiger partial charge in [-0.15, -0.1) is 0 Å². The molecule has 0 heterocycles. The molecule has 0 saturated heterocycles. The van der Waals surface area contributed by atoms with Gasteiger partial charge in [0.1, 0.15) is 13.2 Å². The lowest BCUT2D eigenvalue weighted by atomic mass is 10.3. The molecule has 0 saturated carbocycles. The fourth-order valence-electron chi connectivity index (χ4n) is 0.894. The average Bonchev–Trinajstić information content (AvgIpc) is 2.40. The Morgan fingerprint density at radius 3 is 1.95 bits per heavy atom. The molecule has 0 fully saturated rings. The maximum absolute atomic E-state index is 11.4. The van der Waals surface area contributed by atoms with Crippen LogP contribution >= 0.6 is 0 Å². The van der Waals surface area contributed by atoms with Crippen molar-refractivity contribution in [2.75, 3.05) is 13.2 Å². The first-order valence-corrected chi connectivity index (χ1v) is 5.76. The van der Waals surface area contributed by atoms with Gasteiger partial charge >= 0.3 is 17.9 Å². The zero-order valence-corrected chi connectivity index (χ0v) is 11.6. The smallest absolute Gasteiger partial charge is 0.333 e. The van der Waals surface area contributed by atoms with Crippen molar-refractivity contribution in [2.24, 2.45) is 0 Å². The second-order valence-electron chi connectivity index (χ2n) is 4.02. The minimum absolute atomic E-state index is 0.177. The summed E-state index contributed by atoms with van der Waals surface area (Å²) in [5, 5.41) is 0. The molecule has 0 radical (unpaired) electrons. The Morgan fingerprint density at radius 2 is 1.50 bits per heavy atom. The first-order chi connectivity index (χ1) is 9.27. The summed E-state index contributed by atoms with van der Waals surface area (Å²) in [7, 11) is 0. The lowest BCUT2D eigenvalue weighted by Crippen LogP contribution is -2.30. The molecule has 0 spiro atoms. The number of hydrogen-bond acceptors (Lipinski definition) is 6. The summed E-state index contributed by atoms with van der Waals surface area (Å²) >= 11 is 0. The first-order valence-electron chi connectivity index (χ1n) is 5.76. The molecular weight excluding hydrogens is 264 g/mol. The van der Waals surface area contributed by atoms with Gasteiger partial charge in [0.15, 0.2) is 6.10 Å². The third kappa shape index (κ3) is 7.15. The molecule has 0 aromatic rings. The van der Waals surface area contributed by atoms with E-state index >= 15 is 0 Å². The highest BCUT2D eigenvalue weighted by molar-refractivity contribution is 5.87. The number of ether oxygens (including phenoxy) is 3. The second kappa shape index (κ2) is 8.68. The summed E-state index contributed by atoms with van der Waals surface area (Å²) < 4.78 is 14.6. The minimum atomic E-state index is -0.925. The number of esters is 3. The van der Waals surface area contributed by atoms with E-state index in [1.807, 2.05) is 0 Å². The summed E-state index contributed by atoms with van der Waals surface area (Å²) in [6.45, 7) is 12.5. The van der Waals surface area contributed by atoms with Crippen LogP contribution in [0.3, 0.4) is 0 Å². The van der Waals surface area contributed by atoms with E-state index in [4.69, 9.17) is 14.2 Å². The van der Waals surface area contributed by atoms with E-state index < -0.39 is 24.0 Å². The van der Waals surface area contributed by atoms with Crippen LogP contribution in [0.4, 0.5) is 0 Å². The molecule has 110 valence electrons. The molecular formula is C14H18O6. The SMILES string of the molecule is C=CC(=O)OCC(COC(=O)C(=C)C)OC(=O)C(=C)C. The van der Waals surface area contributed by atoms with Crippen LogP contribution < -0.4 is 0 Å². The van der Waals surface area contributed by atoms with Crippen molar-refractivity contribution in [3.05, 3.63) is 37.0 Å². The molecule has 6 nitrogen and oxygen atoms in total. The topological polar surface area (TPSA) is 78.9 Å². The number of rotatable bonds is 8. The van der Waals surface area contributed by atoms with Gasteiger partial charge in [0.05, 0.1) is 0 Å². The molecule has 1 unspecified atom stereocenters. The first kappa shape index (κ1) is 17.6. The third-order valence-electron chi connectivity index (χ3n) is 1.95. The number of carbonyl (C=O) groups is 3.